The van der Waals surface area contributed by atoms with Gasteiger partial charge in [-0.05, 0) is 86.7 Å². The Morgan fingerprint density at radius 1 is 0.812 bits per heavy atom. The monoisotopic (exact) mass is 485 g/mol. The molecule has 0 amide bonds. The van der Waals surface area contributed by atoms with E-state index in [-0.39, 0.29) is 11.6 Å². The van der Waals surface area contributed by atoms with Gasteiger partial charge in [0, 0.05) is 22.0 Å². The summed E-state index contributed by atoms with van der Waals surface area (Å²) < 4.78 is 13.1. The predicted octanol–water partition coefficient (Wildman–Crippen LogP) is 5.67. The summed E-state index contributed by atoms with van der Waals surface area (Å²) >= 11 is 12.3. The van der Waals surface area contributed by atoms with Gasteiger partial charge in [-0.15, -0.1) is 0 Å². The van der Waals surface area contributed by atoms with Crippen LogP contribution in [0.4, 0.5) is 4.39 Å². The molecule has 0 saturated carbocycles. The molecule has 1 fully saturated rings. The van der Waals surface area contributed by atoms with E-state index in [4.69, 9.17) is 23.2 Å². The Morgan fingerprint density at radius 2 is 1.31 bits per heavy atom. The van der Waals surface area contributed by atoms with Crippen molar-refractivity contribution in [3.8, 4) is 0 Å². The molecule has 2 nitrogen and oxygen atoms in total. The van der Waals surface area contributed by atoms with Crippen LogP contribution in [0.3, 0.4) is 0 Å². The first-order valence-corrected chi connectivity index (χ1v) is 14.2. The average molecular weight is 486 g/mol. The average Bonchev–Trinajstić information content (AvgIpc) is 2.81. The number of benzene rings is 3. The van der Waals surface area contributed by atoms with Crippen molar-refractivity contribution >= 4 is 47.4 Å². The van der Waals surface area contributed by atoms with Crippen LogP contribution in [0.5, 0.6) is 0 Å². The van der Waals surface area contributed by atoms with Crippen LogP contribution in [0.1, 0.15) is 23.2 Å². The molecule has 1 heterocycles. The molecule has 4 rings (SSSR count). The molecule has 3 aromatic rings. The summed E-state index contributed by atoms with van der Waals surface area (Å²) in [5.41, 5.74) is 0.585. The van der Waals surface area contributed by atoms with Crippen molar-refractivity contribution in [1.82, 2.24) is 4.90 Å². The second-order valence-electron chi connectivity index (χ2n) is 8.47. The highest BCUT2D eigenvalue weighted by Crippen LogP contribution is 2.25. The van der Waals surface area contributed by atoms with E-state index < -0.39 is 8.07 Å². The molecule has 0 unspecified atom stereocenters. The standard InChI is InChI=1S/C26H26Cl2FNOSi/c27-21-5-11-24(12-6-21)32(25-13-7-22(28)8-14-25)18-16-30(17-19-32)15-1-2-26(31)20-3-9-23(29)10-4-20/h3-14H,1-2,15-19H2. The molecule has 0 bridgehead atoms. The van der Waals surface area contributed by atoms with Crippen LogP contribution in [-0.2, 0) is 0 Å². The third-order valence-electron chi connectivity index (χ3n) is 6.55. The molecule has 0 spiro atoms. The number of hydrogen-bond donors (Lipinski definition) is 0. The minimum absolute atomic E-state index is 0.0769. The number of Topliss-reactive ketones (excluding diaryl/α,β-unsaturated/α-hetero) is 1. The molecule has 6 heteroatoms. The Hall–Kier alpha value is -1.98. The van der Waals surface area contributed by atoms with Gasteiger partial charge in [0.05, 0.1) is 0 Å². The zero-order valence-electron chi connectivity index (χ0n) is 17.9. The fraction of sp³-hybridized carbons (Fsp3) is 0.269. The van der Waals surface area contributed by atoms with Crippen LogP contribution in [0.25, 0.3) is 0 Å². The maximum Gasteiger partial charge on any atom is 0.162 e. The number of hydrogen-bond acceptors (Lipinski definition) is 2. The number of nitrogens with zero attached hydrogens (tertiary/aromatic N) is 1. The van der Waals surface area contributed by atoms with Crippen LogP contribution in [0.2, 0.25) is 22.1 Å². The van der Waals surface area contributed by atoms with Crippen LogP contribution in [0, 0.1) is 5.82 Å². The van der Waals surface area contributed by atoms with Gasteiger partial charge in [0.1, 0.15) is 13.9 Å². The van der Waals surface area contributed by atoms with Gasteiger partial charge in [0.2, 0.25) is 0 Å². The topological polar surface area (TPSA) is 20.3 Å². The van der Waals surface area contributed by atoms with Crippen LogP contribution >= 0.6 is 23.2 Å². The normalized spacial score (nSPS) is 16.1. The number of halogens is 3. The summed E-state index contributed by atoms with van der Waals surface area (Å²) in [5, 5.41) is 4.35. The van der Waals surface area contributed by atoms with Crippen molar-refractivity contribution in [2.75, 3.05) is 19.6 Å². The van der Waals surface area contributed by atoms with Crippen LogP contribution < -0.4 is 10.4 Å². The van der Waals surface area contributed by atoms with Gasteiger partial charge in [-0.2, -0.15) is 0 Å². The van der Waals surface area contributed by atoms with Gasteiger partial charge in [-0.25, -0.2) is 4.39 Å². The summed E-state index contributed by atoms with van der Waals surface area (Å²) in [7, 11) is -1.90. The molecule has 0 aromatic heterocycles. The smallest absolute Gasteiger partial charge is 0.162 e. The maximum atomic E-state index is 13.1. The highest BCUT2D eigenvalue weighted by atomic mass is 35.5. The molecule has 0 N–H and O–H groups in total. The zero-order chi connectivity index (χ0) is 22.6. The fourth-order valence-electron chi connectivity index (χ4n) is 4.68. The quantitative estimate of drug-likeness (QED) is 0.317. The van der Waals surface area contributed by atoms with Gasteiger partial charge in [0.15, 0.2) is 5.78 Å². The van der Waals surface area contributed by atoms with E-state index >= 15 is 0 Å². The van der Waals surface area contributed by atoms with E-state index in [1.54, 1.807) is 12.1 Å². The summed E-state index contributed by atoms with van der Waals surface area (Å²) in [4.78, 5) is 14.8. The lowest BCUT2D eigenvalue weighted by atomic mass is 10.1. The Labute approximate surface area is 200 Å². The molecule has 32 heavy (non-hydrogen) atoms. The predicted molar refractivity (Wildman–Crippen MR) is 134 cm³/mol. The van der Waals surface area contributed by atoms with E-state index in [1.807, 2.05) is 24.3 Å². The fourth-order valence-corrected chi connectivity index (χ4v) is 9.68. The molecule has 1 saturated heterocycles. The van der Waals surface area contributed by atoms with Crippen molar-refractivity contribution in [2.45, 2.75) is 24.9 Å². The third kappa shape index (κ3) is 5.32. The second kappa shape index (κ2) is 10.3. The largest absolute Gasteiger partial charge is 0.304 e. The molecule has 0 radical (unpaired) electrons. The van der Waals surface area contributed by atoms with E-state index in [1.165, 1.54) is 22.5 Å². The first-order valence-electron chi connectivity index (χ1n) is 11.0. The summed E-state index contributed by atoms with van der Waals surface area (Å²) in [5.74, 6) is -0.239. The molecular formula is C26H26Cl2FNOSi. The van der Waals surface area contributed by atoms with Crippen LogP contribution in [-0.4, -0.2) is 38.4 Å². The lowest BCUT2D eigenvalue weighted by Crippen LogP contribution is -2.63. The van der Waals surface area contributed by atoms with Gasteiger partial charge in [0.25, 0.3) is 0 Å². The SMILES string of the molecule is O=C(CCCN1CC[Si](c2ccc(Cl)cc2)(c2ccc(Cl)cc2)CC1)c1ccc(F)cc1. The Bertz CT molecular complexity index is 999. The third-order valence-corrected chi connectivity index (χ3v) is 12.1. The maximum absolute atomic E-state index is 13.1. The first kappa shape index (κ1) is 23.2. The number of ketones is 1. The van der Waals surface area contributed by atoms with Gasteiger partial charge in [-0.3, -0.25) is 4.79 Å². The van der Waals surface area contributed by atoms with Crippen molar-refractivity contribution in [1.29, 1.82) is 0 Å². The van der Waals surface area contributed by atoms with Gasteiger partial charge in [-0.1, -0.05) is 57.8 Å². The number of carbonyl (C=O) groups is 1. The lowest BCUT2D eigenvalue weighted by molar-refractivity contribution is 0.0975. The van der Waals surface area contributed by atoms with Gasteiger partial charge < -0.3 is 4.90 Å². The second-order valence-corrected chi connectivity index (χ2v) is 13.7. The Morgan fingerprint density at radius 3 is 1.81 bits per heavy atom. The Kier molecular flexibility index (Phi) is 7.46. The number of rotatable bonds is 7. The molecule has 166 valence electrons. The van der Waals surface area contributed by atoms with Crippen molar-refractivity contribution < 1.29 is 9.18 Å². The lowest BCUT2D eigenvalue weighted by Gasteiger charge is -2.41. The van der Waals surface area contributed by atoms with E-state index in [2.05, 4.69) is 29.2 Å². The van der Waals surface area contributed by atoms with Crippen molar-refractivity contribution in [3.05, 3.63) is 94.2 Å². The van der Waals surface area contributed by atoms with Crippen LogP contribution in [0.15, 0.2) is 72.8 Å². The first-order chi connectivity index (χ1) is 15.5. The molecule has 3 aromatic carbocycles. The highest BCUT2D eigenvalue weighted by Gasteiger charge is 2.40. The highest BCUT2D eigenvalue weighted by molar-refractivity contribution is 7.02. The zero-order valence-corrected chi connectivity index (χ0v) is 20.4. The summed E-state index contributed by atoms with van der Waals surface area (Å²) in [6.07, 6.45) is 1.30. The van der Waals surface area contributed by atoms with Gasteiger partial charge >= 0.3 is 0 Å². The number of carbonyl (C=O) groups excluding carboxylic acids is 1. The summed E-state index contributed by atoms with van der Waals surface area (Å²) in [6.45, 7) is 2.93. The van der Waals surface area contributed by atoms with Crippen molar-refractivity contribution in [2.24, 2.45) is 0 Å². The molecular weight excluding hydrogens is 460 g/mol. The minimum atomic E-state index is -1.90. The van der Waals surface area contributed by atoms with E-state index in [9.17, 15) is 9.18 Å². The summed E-state index contributed by atoms with van der Waals surface area (Å²) in [6, 6.07) is 24.8. The van der Waals surface area contributed by atoms with E-state index in [0.29, 0.717) is 12.0 Å². The molecule has 0 atom stereocenters. The molecule has 0 aliphatic carbocycles. The minimum Gasteiger partial charge on any atom is -0.304 e. The molecule has 1 aliphatic heterocycles. The molecule has 1 aliphatic rings. The Balaban J connectivity index is 1.40. The van der Waals surface area contributed by atoms with Crippen molar-refractivity contribution in [3.63, 3.8) is 0 Å². The van der Waals surface area contributed by atoms with E-state index in [0.717, 1.165) is 48.2 Å².